The van der Waals surface area contributed by atoms with Crippen molar-refractivity contribution in [2.45, 2.75) is 6.04 Å². The fraction of sp³-hybridized carbons (Fsp3) is 0.364. The van der Waals surface area contributed by atoms with Crippen LogP contribution in [-0.2, 0) is 0 Å². The maximum Gasteiger partial charge on any atom is 0.0600 e. The van der Waals surface area contributed by atoms with E-state index in [0.717, 1.165) is 25.3 Å². The van der Waals surface area contributed by atoms with Gasteiger partial charge in [0.2, 0.25) is 0 Å². The standard InChI is InChI=1S/C11H13N3/c1-2-6-14-8-11(9-14)13-10-4-3-5-12-7-10/h1,3-5,7,11,13H,6,8-9H2. The molecule has 0 aliphatic carbocycles. The van der Waals surface area contributed by atoms with Crippen molar-refractivity contribution in [1.29, 1.82) is 0 Å². The topological polar surface area (TPSA) is 28.2 Å². The van der Waals surface area contributed by atoms with Crippen LogP contribution in [0.5, 0.6) is 0 Å². The van der Waals surface area contributed by atoms with Crippen LogP contribution >= 0.6 is 0 Å². The molecule has 0 bridgehead atoms. The minimum absolute atomic E-state index is 0.521. The zero-order valence-corrected chi connectivity index (χ0v) is 7.98. The van der Waals surface area contributed by atoms with Gasteiger partial charge in [0.15, 0.2) is 0 Å². The first kappa shape index (κ1) is 9.04. The van der Waals surface area contributed by atoms with Crippen molar-refractivity contribution in [2.75, 3.05) is 25.0 Å². The molecule has 0 radical (unpaired) electrons. The van der Waals surface area contributed by atoms with Gasteiger partial charge < -0.3 is 5.32 Å². The van der Waals surface area contributed by atoms with Crippen LogP contribution in [0.25, 0.3) is 0 Å². The predicted molar refractivity (Wildman–Crippen MR) is 56.9 cm³/mol. The molecule has 1 N–H and O–H groups in total. The molecule has 1 aromatic heterocycles. The van der Waals surface area contributed by atoms with Crippen molar-refractivity contribution < 1.29 is 0 Å². The summed E-state index contributed by atoms with van der Waals surface area (Å²) in [5.41, 5.74) is 1.08. The molecule has 0 aromatic carbocycles. The van der Waals surface area contributed by atoms with Crippen LogP contribution in [0.4, 0.5) is 5.69 Å². The molecule has 72 valence electrons. The van der Waals surface area contributed by atoms with Gasteiger partial charge in [0.05, 0.1) is 18.3 Å². The average molecular weight is 187 g/mol. The Morgan fingerprint density at radius 3 is 3.14 bits per heavy atom. The van der Waals surface area contributed by atoms with Crippen LogP contribution in [0, 0.1) is 12.3 Å². The van der Waals surface area contributed by atoms with Crippen molar-refractivity contribution in [1.82, 2.24) is 9.88 Å². The molecule has 1 aliphatic heterocycles. The smallest absolute Gasteiger partial charge is 0.0600 e. The second-order valence-electron chi connectivity index (χ2n) is 3.48. The Labute approximate surface area is 84.1 Å². The predicted octanol–water partition coefficient (Wildman–Crippen LogP) is 0.811. The van der Waals surface area contributed by atoms with Crippen molar-refractivity contribution >= 4 is 5.69 Å². The maximum atomic E-state index is 5.21. The number of pyridine rings is 1. The molecule has 3 heteroatoms. The third-order valence-electron chi connectivity index (χ3n) is 2.30. The van der Waals surface area contributed by atoms with E-state index in [4.69, 9.17) is 6.42 Å². The first-order valence-corrected chi connectivity index (χ1v) is 4.71. The quantitative estimate of drug-likeness (QED) is 0.710. The van der Waals surface area contributed by atoms with Crippen LogP contribution in [-0.4, -0.2) is 35.6 Å². The highest BCUT2D eigenvalue weighted by molar-refractivity contribution is 5.41. The Bertz CT molecular complexity index is 322. The molecule has 0 spiro atoms. The lowest BCUT2D eigenvalue weighted by Crippen LogP contribution is -2.54. The lowest BCUT2D eigenvalue weighted by Gasteiger charge is -2.38. The largest absolute Gasteiger partial charge is 0.378 e. The molecule has 1 saturated heterocycles. The molecule has 0 atom stereocenters. The van der Waals surface area contributed by atoms with Gasteiger partial charge in [-0.2, -0.15) is 0 Å². The molecule has 0 amide bonds. The van der Waals surface area contributed by atoms with Crippen LogP contribution in [0.1, 0.15) is 0 Å². The van der Waals surface area contributed by atoms with Gasteiger partial charge in [0.1, 0.15) is 0 Å². The second kappa shape index (κ2) is 4.12. The lowest BCUT2D eigenvalue weighted by atomic mass is 10.1. The number of anilines is 1. The van der Waals surface area contributed by atoms with E-state index >= 15 is 0 Å². The van der Waals surface area contributed by atoms with Crippen LogP contribution in [0.3, 0.4) is 0 Å². The Morgan fingerprint density at radius 2 is 2.50 bits per heavy atom. The Morgan fingerprint density at radius 1 is 1.64 bits per heavy atom. The number of rotatable bonds is 3. The van der Waals surface area contributed by atoms with Crippen molar-refractivity contribution in [3.63, 3.8) is 0 Å². The van der Waals surface area contributed by atoms with Gasteiger partial charge in [0, 0.05) is 25.5 Å². The van der Waals surface area contributed by atoms with Gasteiger partial charge in [-0.1, -0.05) is 5.92 Å². The molecule has 3 nitrogen and oxygen atoms in total. The third kappa shape index (κ3) is 2.04. The Kier molecular flexibility index (Phi) is 2.66. The summed E-state index contributed by atoms with van der Waals surface area (Å²) in [6.07, 6.45) is 8.83. The lowest BCUT2D eigenvalue weighted by molar-refractivity contribution is 0.185. The monoisotopic (exact) mass is 187 g/mol. The first-order chi connectivity index (χ1) is 6.88. The number of terminal acetylenes is 1. The van der Waals surface area contributed by atoms with Crippen LogP contribution in [0.2, 0.25) is 0 Å². The van der Waals surface area contributed by atoms with Gasteiger partial charge in [-0.05, 0) is 12.1 Å². The third-order valence-corrected chi connectivity index (χ3v) is 2.30. The molecule has 0 unspecified atom stereocenters. The van der Waals surface area contributed by atoms with Gasteiger partial charge >= 0.3 is 0 Å². The first-order valence-electron chi connectivity index (χ1n) is 4.71. The van der Waals surface area contributed by atoms with Crippen molar-refractivity contribution in [2.24, 2.45) is 0 Å². The highest BCUT2D eigenvalue weighted by Gasteiger charge is 2.25. The fourth-order valence-corrected chi connectivity index (χ4v) is 1.60. The molecule has 2 heterocycles. The number of hydrogen-bond acceptors (Lipinski definition) is 3. The zero-order valence-electron chi connectivity index (χ0n) is 7.98. The van der Waals surface area contributed by atoms with Crippen LogP contribution < -0.4 is 5.32 Å². The summed E-state index contributed by atoms with van der Waals surface area (Å²) >= 11 is 0. The van der Waals surface area contributed by atoms with E-state index < -0.39 is 0 Å². The zero-order chi connectivity index (χ0) is 9.80. The van der Waals surface area contributed by atoms with Crippen molar-refractivity contribution in [3.05, 3.63) is 24.5 Å². The van der Waals surface area contributed by atoms with E-state index in [-0.39, 0.29) is 0 Å². The molecule has 2 rings (SSSR count). The molecule has 1 aliphatic rings. The van der Waals surface area contributed by atoms with E-state index in [0.29, 0.717) is 6.04 Å². The maximum absolute atomic E-state index is 5.21. The van der Waals surface area contributed by atoms with Gasteiger partial charge in [-0.25, -0.2) is 0 Å². The fourth-order valence-electron chi connectivity index (χ4n) is 1.60. The minimum Gasteiger partial charge on any atom is -0.378 e. The molecular weight excluding hydrogens is 174 g/mol. The summed E-state index contributed by atoms with van der Waals surface area (Å²) in [6.45, 7) is 2.81. The minimum atomic E-state index is 0.521. The Hall–Kier alpha value is -1.53. The van der Waals surface area contributed by atoms with E-state index in [2.05, 4.69) is 21.1 Å². The normalized spacial score (nSPS) is 17.1. The summed E-state index contributed by atoms with van der Waals surface area (Å²) in [4.78, 5) is 6.27. The molecule has 14 heavy (non-hydrogen) atoms. The number of nitrogens with zero attached hydrogens (tertiary/aromatic N) is 2. The van der Waals surface area contributed by atoms with Gasteiger partial charge in [0.25, 0.3) is 0 Å². The number of likely N-dealkylation sites (tertiary alicyclic amines) is 1. The molecule has 1 aromatic rings. The van der Waals surface area contributed by atoms with E-state index in [9.17, 15) is 0 Å². The van der Waals surface area contributed by atoms with Gasteiger partial charge in [-0.15, -0.1) is 6.42 Å². The SMILES string of the molecule is C#CCN1CC(Nc2cccnc2)C1. The summed E-state index contributed by atoms with van der Waals surface area (Å²) < 4.78 is 0. The number of hydrogen-bond donors (Lipinski definition) is 1. The second-order valence-corrected chi connectivity index (χ2v) is 3.48. The van der Waals surface area contributed by atoms with E-state index in [1.165, 1.54) is 0 Å². The van der Waals surface area contributed by atoms with Gasteiger partial charge in [-0.3, -0.25) is 9.88 Å². The highest BCUT2D eigenvalue weighted by Crippen LogP contribution is 2.13. The summed E-state index contributed by atoms with van der Waals surface area (Å²) in [5.74, 6) is 2.64. The number of aromatic nitrogens is 1. The van der Waals surface area contributed by atoms with Crippen LogP contribution in [0.15, 0.2) is 24.5 Å². The molecule has 1 fully saturated rings. The summed E-state index contributed by atoms with van der Waals surface area (Å²) in [6, 6.07) is 4.48. The van der Waals surface area contributed by atoms with Crippen molar-refractivity contribution in [3.8, 4) is 12.3 Å². The highest BCUT2D eigenvalue weighted by atomic mass is 15.2. The number of nitrogens with one attached hydrogen (secondary N) is 1. The summed E-state index contributed by atoms with van der Waals surface area (Å²) in [5, 5.41) is 3.39. The summed E-state index contributed by atoms with van der Waals surface area (Å²) in [7, 11) is 0. The van der Waals surface area contributed by atoms with E-state index in [1.54, 1.807) is 6.20 Å². The average Bonchev–Trinajstić information content (AvgIpc) is 2.16. The Balaban J connectivity index is 1.78. The molecular formula is C11H13N3. The molecule has 0 saturated carbocycles. The van der Waals surface area contributed by atoms with E-state index in [1.807, 2.05) is 18.3 Å².